The van der Waals surface area contributed by atoms with Crippen LogP contribution in [0.1, 0.15) is 18.4 Å². The molecule has 1 fully saturated rings. The van der Waals surface area contributed by atoms with E-state index >= 15 is 0 Å². The summed E-state index contributed by atoms with van der Waals surface area (Å²) in [5.41, 5.74) is 1.13. The highest BCUT2D eigenvalue weighted by molar-refractivity contribution is 9.10. The Hall–Kier alpha value is -0.940. The minimum Gasteiger partial charge on any atom is -0.314 e. The molecule has 86 valence electrons. The third-order valence-corrected chi connectivity index (χ3v) is 3.58. The van der Waals surface area contributed by atoms with Gasteiger partial charge in [-0.2, -0.15) is 0 Å². The lowest BCUT2D eigenvalue weighted by Crippen LogP contribution is -2.19. The van der Waals surface area contributed by atoms with Crippen molar-refractivity contribution in [1.82, 2.24) is 5.32 Å². The molecule has 0 unspecified atom stereocenters. The zero-order chi connectivity index (χ0) is 11.5. The molecule has 2 rings (SSSR count). The Balaban J connectivity index is 2.01. The molecule has 1 aliphatic rings. The van der Waals surface area contributed by atoms with Gasteiger partial charge in [0.2, 0.25) is 0 Å². The Morgan fingerprint density at radius 1 is 1.50 bits per heavy atom. The Morgan fingerprint density at radius 2 is 2.25 bits per heavy atom. The van der Waals surface area contributed by atoms with Gasteiger partial charge in [0.05, 0.1) is 9.40 Å². The molecule has 0 amide bonds. The van der Waals surface area contributed by atoms with Gasteiger partial charge in [-0.1, -0.05) is 12.1 Å². The molecule has 1 aromatic rings. The second-order valence-electron chi connectivity index (χ2n) is 3.99. The number of halogens is 1. The van der Waals surface area contributed by atoms with E-state index in [0.717, 1.165) is 18.5 Å². The van der Waals surface area contributed by atoms with Gasteiger partial charge in [0.1, 0.15) is 0 Å². The molecule has 0 aliphatic heterocycles. The molecule has 0 aromatic heterocycles. The van der Waals surface area contributed by atoms with E-state index in [2.05, 4.69) is 21.2 Å². The van der Waals surface area contributed by atoms with E-state index < -0.39 is 0 Å². The summed E-state index contributed by atoms with van der Waals surface area (Å²) in [5, 5.41) is 14.1. The van der Waals surface area contributed by atoms with Gasteiger partial charge in [-0.15, -0.1) is 0 Å². The minimum absolute atomic E-state index is 0.143. The van der Waals surface area contributed by atoms with Crippen LogP contribution in [-0.2, 0) is 6.42 Å². The zero-order valence-corrected chi connectivity index (χ0v) is 10.4. The fraction of sp³-hybridized carbons (Fsp3) is 0.455. The Kier molecular flexibility index (Phi) is 3.56. The summed E-state index contributed by atoms with van der Waals surface area (Å²) in [5.74, 6) is 0. The molecule has 0 atom stereocenters. The fourth-order valence-corrected chi connectivity index (χ4v) is 2.21. The summed E-state index contributed by atoms with van der Waals surface area (Å²) in [4.78, 5) is 10.4. The molecular weight excluding hydrogens is 272 g/mol. The number of hydrogen-bond donors (Lipinski definition) is 1. The van der Waals surface area contributed by atoms with Crippen LogP contribution in [0.25, 0.3) is 0 Å². The number of rotatable bonds is 5. The van der Waals surface area contributed by atoms with E-state index in [1.807, 2.05) is 6.07 Å². The quantitative estimate of drug-likeness (QED) is 0.668. The predicted molar refractivity (Wildman–Crippen MR) is 65.5 cm³/mol. The second-order valence-corrected chi connectivity index (χ2v) is 4.78. The van der Waals surface area contributed by atoms with Crippen molar-refractivity contribution >= 4 is 21.6 Å². The van der Waals surface area contributed by atoms with E-state index in [1.54, 1.807) is 6.07 Å². The molecule has 1 aromatic carbocycles. The van der Waals surface area contributed by atoms with Crippen LogP contribution in [0, 0.1) is 10.1 Å². The van der Waals surface area contributed by atoms with Crippen LogP contribution in [0.5, 0.6) is 0 Å². The van der Waals surface area contributed by atoms with Crippen LogP contribution in [0.3, 0.4) is 0 Å². The predicted octanol–water partition coefficient (Wildman–Crippen LogP) is 2.65. The van der Waals surface area contributed by atoms with Gasteiger partial charge < -0.3 is 5.32 Å². The Morgan fingerprint density at radius 3 is 2.88 bits per heavy atom. The van der Waals surface area contributed by atoms with Crippen LogP contribution in [0.2, 0.25) is 0 Å². The van der Waals surface area contributed by atoms with Crippen LogP contribution in [0.4, 0.5) is 5.69 Å². The molecule has 0 bridgehead atoms. The zero-order valence-electron chi connectivity index (χ0n) is 8.78. The molecule has 1 N–H and O–H groups in total. The summed E-state index contributed by atoms with van der Waals surface area (Å²) >= 11 is 3.30. The molecule has 0 spiro atoms. The molecule has 0 heterocycles. The molecular formula is C11H13BrN2O2. The number of benzene rings is 1. The molecule has 5 heteroatoms. The molecule has 1 aliphatic carbocycles. The SMILES string of the molecule is O=[N+]([O-])c1cccc(CCNC2CC2)c1Br. The molecule has 1 saturated carbocycles. The average molecular weight is 285 g/mol. The lowest BCUT2D eigenvalue weighted by molar-refractivity contribution is -0.385. The highest BCUT2D eigenvalue weighted by Gasteiger charge is 2.20. The van der Waals surface area contributed by atoms with Crippen molar-refractivity contribution in [1.29, 1.82) is 0 Å². The number of nitrogens with zero attached hydrogens (tertiary/aromatic N) is 1. The van der Waals surface area contributed by atoms with Gasteiger partial charge >= 0.3 is 0 Å². The van der Waals surface area contributed by atoms with Gasteiger partial charge in [0, 0.05) is 12.1 Å². The van der Waals surface area contributed by atoms with Crippen molar-refractivity contribution in [2.45, 2.75) is 25.3 Å². The normalized spacial score (nSPS) is 15.1. The van der Waals surface area contributed by atoms with Crippen molar-refractivity contribution < 1.29 is 4.92 Å². The first-order valence-corrected chi connectivity index (χ1v) is 6.13. The van der Waals surface area contributed by atoms with Crippen LogP contribution < -0.4 is 5.32 Å². The molecule has 0 saturated heterocycles. The van der Waals surface area contributed by atoms with Crippen LogP contribution >= 0.6 is 15.9 Å². The van der Waals surface area contributed by atoms with Crippen LogP contribution in [0.15, 0.2) is 22.7 Å². The maximum atomic E-state index is 10.7. The topological polar surface area (TPSA) is 55.2 Å². The standard InChI is InChI=1S/C11H13BrN2O2/c12-11-8(6-7-13-9-4-5-9)2-1-3-10(11)14(15)16/h1-3,9,13H,4-7H2. The maximum absolute atomic E-state index is 10.7. The van der Waals surface area contributed by atoms with E-state index in [1.165, 1.54) is 18.9 Å². The van der Waals surface area contributed by atoms with E-state index in [-0.39, 0.29) is 10.6 Å². The number of nitro groups is 1. The maximum Gasteiger partial charge on any atom is 0.283 e. The second kappa shape index (κ2) is 4.93. The first-order chi connectivity index (χ1) is 7.68. The lowest BCUT2D eigenvalue weighted by atomic mass is 10.1. The van der Waals surface area contributed by atoms with E-state index in [9.17, 15) is 10.1 Å². The van der Waals surface area contributed by atoms with Gasteiger partial charge in [-0.3, -0.25) is 10.1 Å². The summed E-state index contributed by atoms with van der Waals surface area (Å²) < 4.78 is 0.609. The van der Waals surface area contributed by atoms with E-state index in [4.69, 9.17) is 0 Å². The van der Waals surface area contributed by atoms with Crippen molar-refractivity contribution in [2.24, 2.45) is 0 Å². The Bertz CT molecular complexity index is 405. The van der Waals surface area contributed by atoms with Gasteiger partial charge in [0.25, 0.3) is 5.69 Å². The number of nitrogens with one attached hydrogen (secondary N) is 1. The molecule has 0 radical (unpaired) electrons. The summed E-state index contributed by atoms with van der Waals surface area (Å²) in [7, 11) is 0. The fourth-order valence-electron chi connectivity index (χ4n) is 1.60. The van der Waals surface area contributed by atoms with E-state index in [0.29, 0.717) is 10.5 Å². The highest BCUT2D eigenvalue weighted by Crippen LogP contribution is 2.28. The van der Waals surface area contributed by atoms with Crippen molar-refractivity contribution in [2.75, 3.05) is 6.54 Å². The third-order valence-electron chi connectivity index (χ3n) is 2.66. The Labute approximate surface area is 102 Å². The third kappa shape index (κ3) is 2.80. The lowest BCUT2D eigenvalue weighted by Gasteiger charge is -2.05. The van der Waals surface area contributed by atoms with Gasteiger partial charge in [-0.05, 0) is 47.3 Å². The van der Waals surface area contributed by atoms with Crippen molar-refractivity contribution in [3.8, 4) is 0 Å². The van der Waals surface area contributed by atoms with Crippen molar-refractivity contribution in [3.05, 3.63) is 38.3 Å². The largest absolute Gasteiger partial charge is 0.314 e. The molecule has 16 heavy (non-hydrogen) atoms. The summed E-state index contributed by atoms with van der Waals surface area (Å²) in [6.07, 6.45) is 3.34. The van der Waals surface area contributed by atoms with Crippen LogP contribution in [-0.4, -0.2) is 17.5 Å². The first kappa shape index (κ1) is 11.5. The van der Waals surface area contributed by atoms with Gasteiger partial charge in [-0.25, -0.2) is 0 Å². The first-order valence-electron chi connectivity index (χ1n) is 5.33. The highest BCUT2D eigenvalue weighted by atomic mass is 79.9. The average Bonchev–Trinajstić information content (AvgIpc) is 3.04. The number of nitro benzene ring substituents is 1. The summed E-state index contributed by atoms with van der Waals surface area (Å²) in [6, 6.07) is 5.85. The van der Waals surface area contributed by atoms with Gasteiger partial charge in [0.15, 0.2) is 0 Å². The molecule has 4 nitrogen and oxygen atoms in total. The smallest absolute Gasteiger partial charge is 0.283 e. The monoisotopic (exact) mass is 284 g/mol. The number of hydrogen-bond acceptors (Lipinski definition) is 3. The minimum atomic E-state index is -0.359. The summed E-state index contributed by atoms with van der Waals surface area (Å²) in [6.45, 7) is 0.879. The van der Waals surface area contributed by atoms with Crippen molar-refractivity contribution in [3.63, 3.8) is 0 Å².